The Morgan fingerprint density at radius 2 is 2.00 bits per heavy atom. The first-order valence-electron chi connectivity index (χ1n) is 7.17. The van der Waals surface area contributed by atoms with Crippen LogP contribution >= 0.6 is 11.6 Å². The average molecular weight is 276 g/mol. The van der Waals surface area contributed by atoms with Gasteiger partial charge in [0.25, 0.3) is 0 Å². The fraction of sp³-hybridized carbons (Fsp3) is 0.600. The lowest BCUT2D eigenvalue weighted by Crippen LogP contribution is -2.16. The van der Waals surface area contributed by atoms with Crippen molar-refractivity contribution in [2.24, 2.45) is 11.8 Å². The normalized spacial score (nSPS) is 19.5. The van der Waals surface area contributed by atoms with Gasteiger partial charge in [-0.3, -0.25) is 0 Å². The van der Waals surface area contributed by atoms with E-state index in [9.17, 15) is 0 Å². The van der Waals surface area contributed by atoms with Gasteiger partial charge < -0.3 is 4.57 Å². The smallest absolute Gasteiger partial charge is 0.160 e. The average Bonchev–Trinajstić information content (AvgIpc) is 3.28. The molecule has 2 aromatic heterocycles. The molecule has 100 valence electrons. The predicted octanol–water partition coefficient (Wildman–Crippen LogP) is 3.84. The Kier molecular flexibility index (Phi) is 2.59. The maximum Gasteiger partial charge on any atom is 0.160 e. The van der Waals surface area contributed by atoms with E-state index in [-0.39, 0.29) is 0 Å². The Hall–Kier alpha value is -1.09. The number of hydrogen-bond donors (Lipinski definition) is 0. The van der Waals surface area contributed by atoms with E-state index in [1.165, 1.54) is 25.7 Å². The third-order valence-electron chi connectivity index (χ3n) is 4.37. The minimum absolute atomic E-state index is 0.478. The van der Waals surface area contributed by atoms with E-state index in [4.69, 9.17) is 16.6 Å². The first kappa shape index (κ1) is 11.7. The van der Waals surface area contributed by atoms with Crippen LogP contribution in [0.2, 0.25) is 0 Å². The van der Waals surface area contributed by atoms with Crippen LogP contribution in [0.3, 0.4) is 0 Å². The fourth-order valence-electron chi connectivity index (χ4n) is 3.22. The summed E-state index contributed by atoms with van der Waals surface area (Å²) in [5.74, 6) is 3.13. The second-order valence-corrected chi connectivity index (χ2v) is 6.32. The van der Waals surface area contributed by atoms with Crippen molar-refractivity contribution in [3.05, 3.63) is 23.7 Å². The van der Waals surface area contributed by atoms with Crippen LogP contribution in [-0.4, -0.2) is 14.5 Å². The zero-order valence-electron chi connectivity index (χ0n) is 11.1. The summed E-state index contributed by atoms with van der Waals surface area (Å²) in [6, 6.07) is 2.71. The van der Waals surface area contributed by atoms with E-state index in [0.717, 1.165) is 34.4 Å². The number of aryl methyl sites for hydroxylation is 1. The number of rotatable bonds is 4. The van der Waals surface area contributed by atoms with Crippen molar-refractivity contribution in [2.75, 3.05) is 0 Å². The lowest BCUT2D eigenvalue weighted by atomic mass is 10.1. The molecule has 0 spiro atoms. The monoisotopic (exact) mass is 275 g/mol. The lowest BCUT2D eigenvalue weighted by Gasteiger charge is -2.20. The molecule has 0 N–H and O–H groups in total. The van der Waals surface area contributed by atoms with Gasteiger partial charge in [-0.15, -0.1) is 11.6 Å². The van der Waals surface area contributed by atoms with Crippen molar-refractivity contribution in [3.63, 3.8) is 0 Å². The third kappa shape index (κ3) is 1.95. The summed E-state index contributed by atoms with van der Waals surface area (Å²) >= 11 is 6.13. The molecule has 0 atom stereocenters. The summed E-state index contributed by atoms with van der Waals surface area (Å²) in [5.41, 5.74) is 3.19. The van der Waals surface area contributed by atoms with Crippen molar-refractivity contribution in [2.45, 2.75) is 44.5 Å². The maximum atomic E-state index is 6.13. The van der Waals surface area contributed by atoms with Crippen LogP contribution in [0.25, 0.3) is 11.2 Å². The Morgan fingerprint density at radius 1 is 1.32 bits per heavy atom. The molecule has 0 bridgehead atoms. The summed E-state index contributed by atoms with van der Waals surface area (Å²) in [6.45, 7) is 2.06. The van der Waals surface area contributed by atoms with Gasteiger partial charge in [0.15, 0.2) is 5.65 Å². The predicted molar refractivity (Wildman–Crippen MR) is 76.3 cm³/mol. The van der Waals surface area contributed by atoms with Gasteiger partial charge in [0.05, 0.1) is 5.88 Å². The molecular formula is C15H18ClN3. The van der Waals surface area contributed by atoms with Crippen LogP contribution in [0.5, 0.6) is 0 Å². The number of pyridine rings is 1. The molecule has 0 amide bonds. The van der Waals surface area contributed by atoms with Crippen molar-refractivity contribution in [3.8, 4) is 0 Å². The molecule has 19 heavy (non-hydrogen) atoms. The molecular weight excluding hydrogens is 258 g/mol. The van der Waals surface area contributed by atoms with Gasteiger partial charge in [-0.1, -0.05) is 0 Å². The van der Waals surface area contributed by atoms with E-state index in [0.29, 0.717) is 11.9 Å². The number of hydrogen-bond acceptors (Lipinski definition) is 2. The van der Waals surface area contributed by atoms with Gasteiger partial charge in [-0.25, -0.2) is 9.97 Å². The van der Waals surface area contributed by atoms with E-state index < -0.39 is 0 Å². The van der Waals surface area contributed by atoms with Crippen molar-refractivity contribution in [1.29, 1.82) is 0 Å². The van der Waals surface area contributed by atoms with Crippen LogP contribution in [0.1, 0.15) is 43.1 Å². The summed E-state index contributed by atoms with van der Waals surface area (Å²) in [7, 11) is 0. The zero-order valence-corrected chi connectivity index (χ0v) is 11.9. The fourth-order valence-corrected chi connectivity index (χ4v) is 3.41. The number of nitrogens with zero attached hydrogens (tertiary/aromatic N) is 3. The molecule has 3 nitrogen and oxygen atoms in total. The molecule has 2 aliphatic carbocycles. The highest BCUT2D eigenvalue weighted by Gasteiger charge is 2.44. The van der Waals surface area contributed by atoms with Crippen LogP contribution in [0, 0.1) is 18.8 Å². The topological polar surface area (TPSA) is 30.7 Å². The van der Waals surface area contributed by atoms with Gasteiger partial charge >= 0.3 is 0 Å². The van der Waals surface area contributed by atoms with Crippen molar-refractivity contribution >= 4 is 22.8 Å². The van der Waals surface area contributed by atoms with Crippen LogP contribution in [0.15, 0.2) is 12.3 Å². The second-order valence-electron chi connectivity index (χ2n) is 6.05. The Bertz CT molecular complexity index is 614. The summed E-state index contributed by atoms with van der Waals surface area (Å²) in [5, 5.41) is 0. The van der Waals surface area contributed by atoms with Crippen LogP contribution in [-0.2, 0) is 5.88 Å². The highest BCUT2D eigenvalue weighted by molar-refractivity contribution is 6.16. The number of alkyl halides is 1. The third-order valence-corrected chi connectivity index (χ3v) is 4.61. The highest BCUT2D eigenvalue weighted by Crippen LogP contribution is 2.53. The quantitative estimate of drug-likeness (QED) is 0.794. The summed E-state index contributed by atoms with van der Waals surface area (Å²) in [4.78, 5) is 9.33. The van der Waals surface area contributed by atoms with Gasteiger partial charge in [0, 0.05) is 12.2 Å². The van der Waals surface area contributed by atoms with Crippen LogP contribution < -0.4 is 0 Å². The number of imidazole rings is 1. The molecule has 4 heteroatoms. The highest BCUT2D eigenvalue weighted by atomic mass is 35.5. The number of aromatic nitrogens is 3. The van der Waals surface area contributed by atoms with Crippen molar-refractivity contribution < 1.29 is 0 Å². The molecule has 2 saturated carbocycles. The second kappa shape index (κ2) is 4.20. The standard InChI is InChI=1S/C15H18ClN3/c1-9-6-12-15(17-8-9)19(13(7-16)18-12)14(10-2-3-10)11-4-5-11/h6,8,10-11,14H,2-5,7H2,1H3. The van der Waals surface area contributed by atoms with Gasteiger partial charge in [-0.2, -0.15) is 0 Å². The molecule has 4 rings (SSSR count). The summed E-state index contributed by atoms with van der Waals surface area (Å²) in [6.07, 6.45) is 7.36. The van der Waals surface area contributed by atoms with Gasteiger partial charge in [0.2, 0.25) is 0 Å². The molecule has 0 unspecified atom stereocenters. The maximum absolute atomic E-state index is 6.13. The molecule has 0 saturated heterocycles. The van der Waals surface area contributed by atoms with E-state index in [1.54, 1.807) is 0 Å². The summed E-state index contributed by atoms with van der Waals surface area (Å²) < 4.78 is 2.36. The molecule has 2 aliphatic rings. The van der Waals surface area contributed by atoms with Crippen molar-refractivity contribution in [1.82, 2.24) is 14.5 Å². The Labute approximate surface area is 118 Å². The van der Waals surface area contributed by atoms with E-state index >= 15 is 0 Å². The molecule has 0 radical (unpaired) electrons. The number of fused-ring (bicyclic) bond motifs is 1. The molecule has 2 heterocycles. The first-order valence-corrected chi connectivity index (χ1v) is 7.71. The number of halogens is 1. The minimum atomic E-state index is 0.478. The van der Waals surface area contributed by atoms with E-state index in [2.05, 4.69) is 22.5 Å². The Balaban J connectivity index is 1.90. The largest absolute Gasteiger partial charge is 0.308 e. The van der Waals surface area contributed by atoms with Crippen LogP contribution in [0.4, 0.5) is 0 Å². The SMILES string of the molecule is Cc1cnc2c(c1)nc(CCl)n2C(C1CC1)C1CC1. The first-order chi connectivity index (χ1) is 9.28. The molecule has 2 aromatic rings. The molecule has 0 aromatic carbocycles. The van der Waals surface area contributed by atoms with Gasteiger partial charge in [-0.05, 0) is 56.1 Å². The molecule has 0 aliphatic heterocycles. The minimum Gasteiger partial charge on any atom is -0.308 e. The van der Waals surface area contributed by atoms with Gasteiger partial charge in [0.1, 0.15) is 11.3 Å². The zero-order chi connectivity index (χ0) is 13.0. The molecule has 2 fully saturated rings. The van der Waals surface area contributed by atoms with E-state index in [1.807, 2.05) is 6.20 Å². The lowest BCUT2D eigenvalue weighted by molar-refractivity contribution is 0.394. The Morgan fingerprint density at radius 3 is 2.58 bits per heavy atom.